The van der Waals surface area contributed by atoms with E-state index in [1.165, 1.54) is 25.7 Å². The summed E-state index contributed by atoms with van der Waals surface area (Å²) >= 11 is 0. The Morgan fingerprint density at radius 3 is 2.79 bits per heavy atom. The zero-order valence-electron chi connectivity index (χ0n) is 11.8. The first-order valence-electron chi connectivity index (χ1n) is 7.15. The first-order valence-corrected chi connectivity index (χ1v) is 7.15. The molecule has 0 radical (unpaired) electrons. The number of aromatic nitrogens is 4. The third-order valence-electron chi connectivity index (χ3n) is 3.45. The van der Waals surface area contributed by atoms with Crippen LogP contribution >= 0.6 is 0 Å². The predicted molar refractivity (Wildman–Crippen MR) is 76.6 cm³/mol. The number of nitrogens with zero attached hydrogens (tertiary/aromatic N) is 4. The fourth-order valence-corrected chi connectivity index (χ4v) is 2.20. The van der Waals surface area contributed by atoms with Crippen molar-refractivity contribution in [1.82, 2.24) is 20.0 Å². The van der Waals surface area contributed by atoms with Gasteiger partial charge in [0, 0.05) is 12.7 Å². The van der Waals surface area contributed by atoms with Crippen molar-refractivity contribution < 1.29 is 0 Å². The van der Waals surface area contributed by atoms with E-state index in [1.807, 2.05) is 29.1 Å². The maximum absolute atomic E-state index is 4.30. The Balaban J connectivity index is 2.01. The van der Waals surface area contributed by atoms with E-state index in [0.29, 0.717) is 5.92 Å². The quantitative estimate of drug-likeness (QED) is 0.762. The number of unbranched alkanes of at least 4 members (excludes halogenated alkanes) is 1. The molecule has 2 rings (SSSR count). The Morgan fingerprint density at radius 2 is 2.11 bits per heavy atom. The van der Waals surface area contributed by atoms with Crippen molar-refractivity contribution in [2.75, 3.05) is 0 Å². The fourth-order valence-electron chi connectivity index (χ4n) is 2.20. The lowest BCUT2D eigenvalue weighted by atomic mass is 9.99. The van der Waals surface area contributed by atoms with Gasteiger partial charge in [0.1, 0.15) is 5.69 Å². The van der Waals surface area contributed by atoms with Crippen molar-refractivity contribution in [2.45, 2.75) is 46.1 Å². The van der Waals surface area contributed by atoms with Gasteiger partial charge in [0.25, 0.3) is 0 Å². The van der Waals surface area contributed by atoms with Crippen molar-refractivity contribution in [3.05, 3.63) is 30.6 Å². The summed E-state index contributed by atoms with van der Waals surface area (Å²) in [5.41, 5.74) is 1.74. The molecule has 0 spiro atoms. The second kappa shape index (κ2) is 7.02. The van der Waals surface area contributed by atoms with E-state index in [4.69, 9.17) is 0 Å². The highest BCUT2D eigenvalue weighted by Crippen LogP contribution is 2.17. The third-order valence-corrected chi connectivity index (χ3v) is 3.45. The van der Waals surface area contributed by atoms with Crippen LogP contribution in [0.5, 0.6) is 0 Å². The molecule has 1 unspecified atom stereocenters. The molecule has 0 aliphatic carbocycles. The van der Waals surface area contributed by atoms with Gasteiger partial charge in [-0.3, -0.25) is 9.67 Å². The summed E-state index contributed by atoms with van der Waals surface area (Å²) in [5, 5.41) is 8.42. The van der Waals surface area contributed by atoms with E-state index >= 15 is 0 Å². The summed E-state index contributed by atoms with van der Waals surface area (Å²) in [6.45, 7) is 5.44. The van der Waals surface area contributed by atoms with Crippen molar-refractivity contribution >= 4 is 0 Å². The van der Waals surface area contributed by atoms with Crippen molar-refractivity contribution in [1.29, 1.82) is 0 Å². The van der Waals surface area contributed by atoms with Crippen molar-refractivity contribution in [3.63, 3.8) is 0 Å². The zero-order valence-corrected chi connectivity index (χ0v) is 11.8. The maximum atomic E-state index is 4.30. The number of hydrogen-bond donors (Lipinski definition) is 0. The van der Waals surface area contributed by atoms with E-state index in [9.17, 15) is 0 Å². The molecule has 0 fully saturated rings. The second-order valence-corrected chi connectivity index (χ2v) is 4.96. The summed E-state index contributed by atoms with van der Waals surface area (Å²) in [6.07, 6.45) is 8.79. The van der Waals surface area contributed by atoms with Crippen LogP contribution < -0.4 is 0 Å². The molecule has 4 nitrogen and oxygen atoms in total. The van der Waals surface area contributed by atoms with Crippen LogP contribution in [0.3, 0.4) is 0 Å². The van der Waals surface area contributed by atoms with Gasteiger partial charge in [-0.1, -0.05) is 44.4 Å². The molecule has 4 heteroatoms. The number of rotatable bonds is 7. The molecule has 2 heterocycles. The summed E-state index contributed by atoms with van der Waals surface area (Å²) in [5.74, 6) is 0.693. The Bertz CT molecular complexity index is 478. The molecular formula is C15H22N4. The van der Waals surface area contributed by atoms with Crippen LogP contribution in [0, 0.1) is 5.92 Å². The first-order chi connectivity index (χ1) is 9.33. The summed E-state index contributed by atoms with van der Waals surface area (Å²) < 4.78 is 1.95. The molecule has 0 saturated heterocycles. The minimum absolute atomic E-state index is 0.693. The SMILES string of the molecule is CCCCC(CC)Cn1cc(-c2ccccn2)nn1. The molecule has 0 amide bonds. The molecule has 0 aliphatic heterocycles. The lowest BCUT2D eigenvalue weighted by Crippen LogP contribution is -2.10. The molecule has 2 aromatic rings. The Kier molecular flexibility index (Phi) is 5.07. The van der Waals surface area contributed by atoms with Gasteiger partial charge < -0.3 is 0 Å². The van der Waals surface area contributed by atoms with E-state index < -0.39 is 0 Å². The molecule has 0 N–H and O–H groups in total. The smallest absolute Gasteiger partial charge is 0.131 e. The van der Waals surface area contributed by atoms with Crippen molar-refractivity contribution in [2.24, 2.45) is 5.92 Å². The topological polar surface area (TPSA) is 43.6 Å². The Labute approximate surface area is 114 Å². The van der Waals surface area contributed by atoms with Crippen LogP contribution in [0.1, 0.15) is 39.5 Å². The van der Waals surface area contributed by atoms with Crippen LogP contribution in [0.15, 0.2) is 30.6 Å². The molecule has 1 atom stereocenters. The molecule has 0 bridgehead atoms. The van der Waals surface area contributed by atoms with Gasteiger partial charge in [0.2, 0.25) is 0 Å². The van der Waals surface area contributed by atoms with E-state index in [1.54, 1.807) is 6.20 Å². The molecule has 19 heavy (non-hydrogen) atoms. The second-order valence-electron chi connectivity index (χ2n) is 4.96. The van der Waals surface area contributed by atoms with Crippen molar-refractivity contribution in [3.8, 4) is 11.4 Å². The monoisotopic (exact) mass is 258 g/mol. The van der Waals surface area contributed by atoms with Gasteiger partial charge in [0.15, 0.2) is 0 Å². The molecule has 0 aliphatic rings. The van der Waals surface area contributed by atoms with Gasteiger partial charge in [0.05, 0.1) is 11.9 Å². The first kappa shape index (κ1) is 13.7. The van der Waals surface area contributed by atoms with E-state index in [-0.39, 0.29) is 0 Å². The standard InChI is InChI=1S/C15H22N4/c1-3-5-8-13(4-2)11-19-12-15(17-18-19)14-9-6-7-10-16-14/h6-7,9-10,12-13H,3-5,8,11H2,1-2H3. The van der Waals surface area contributed by atoms with Crippen LogP contribution in [-0.4, -0.2) is 20.0 Å². The van der Waals surface area contributed by atoms with Gasteiger partial charge in [-0.2, -0.15) is 0 Å². The zero-order chi connectivity index (χ0) is 13.5. The van der Waals surface area contributed by atoms with Gasteiger partial charge >= 0.3 is 0 Å². The molecule has 0 aromatic carbocycles. The Hall–Kier alpha value is -1.71. The normalized spacial score (nSPS) is 12.5. The van der Waals surface area contributed by atoms with Crippen LogP contribution in [0.2, 0.25) is 0 Å². The average molecular weight is 258 g/mol. The molecular weight excluding hydrogens is 236 g/mol. The lowest BCUT2D eigenvalue weighted by Gasteiger charge is -2.13. The van der Waals surface area contributed by atoms with Gasteiger partial charge in [-0.15, -0.1) is 5.10 Å². The number of pyridine rings is 1. The van der Waals surface area contributed by atoms with Crippen LogP contribution in [0.25, 0.3) is 11.4 Å². The third kappa shape index (κ3) is 3.88. The highest BCUT2D eigenvalue weighted by molar-refractivity contribution is 5.51. The van der Waals surface area contributed by atoms with Crippen LogP contribution in [0.4, 0.5) is 0 Å². The highest BCUT2D eigenvalue weighted by Gasteiger charge is 2.10. The minimum Gasteiger partial charge on any atom is -0.254 e. The predicted octanol–water partition coefficient (Wildman–Crippen LogP) is 3.56. The summed E-state index contributed by atoms with van der Waals surface area (Å²) in [6, 6.07) is 5.84. The summed E-state index contributed by atoms with van der Waals surface area (Å²) in [7, 11) is 0. The molecule has 102 valence electrons. The van der Waals surface area contributed by atoms with Crippen LogP contribution in [-0.2, 0) is 6.54 Å². The van der Waals surface area contributed by atoms with Gasteiger partial charge in [-0.05, 0) is 24.5 Å². The van der Waals surface area contributed by atoms with E-state index in [2.05, 4.69) is 29.1 Å². The molecule has 2 aromatic heterocycles. The highest BCUT2D eigenvalue weighted by atomic mass is 15.4. The molecule has 0 saturated carbocycles. The maximum Gasteiger partial charge on any atom is 0.131 e. The van der Waals surface area contributed by atoms with Gasteiger partial charge in [-0.25, -0.2) is 0 Å². The lowest BCUT2D eigenvalue weighted by molar-refractivity contribution is 0.368. The van der Waals surface area contributed by atoms with E-state index in [0.717, 1.165) is 17.9 Å². The Morgan fingerprint density at radius 1 is 1.21 bits per heavy atom. The fraction of sp³-hybridized carbons (Fsp3) is 0.533. The summed E-state index contributed by atoms with van der Waals surface area (Å²) in [4.78, 5) is 4.30. The largest absolute Gasteiger partial charge is 0.254 e. The minimum atomic E-state index is 0.693. The average Bonchev–Trinajstić information content (AvgIpc) is 2.93. The number of hydrogen-bond acceptors (Lipinski definition) is 3.